The molecule has 1 aromatic carbocycles. The summed E-state index contributed by atoms with van der Waals surface area (Å²) in [6.45, 7) is 7.36. The molecule has 1 aliphatic heterocycles. The summed E-state index contributed by atoms with van der Waals surface area (Å²) in [4.78, 5) is 26.3. The lowest BCUT2D eigenvalue weighted by molar-refractivity contribution is -0.144. The topological polar surface area (TPSA) is 69.6 Å². The predicted molar refractivity (Wildman–Crippen MR) is 84.6 cm³/mol. The van der Waals surface area contributed by atoms with Crippen LogP contribution in [0.5, 0.6) is 0 Å². The van der Waals surface area contributed by atoms with Crippen LogP contribution in [0.25, 0.3) is 0 Å². The van der Waals surface area contributed by atoms with Crippen molar-refractivity contribution in [2.24, 2.45) is 0 Å². The van der Waals surface area contributed by atoms with E-state index in [1.165, 1.54) is 0 Å². The number of rotatable bonds is 5. The molecule has 22 heavy (non-hydrogen) atoms. The van der Waals surface area contributed by atoms with Gasteiger partial charge in [0.2, 0.25) is 5.91 Å². The Morgan fingerprint density at radius 1 is 1.27 bits per heavy atom. The van der Waals surface area contributed by atoms with Gasteiger partial charge in [0, 0.05) is 0 Å². The van der Waals surface area contributed by atoms with Crippen molar-refractivity contribution in [1.82, 2.24) is 10.2 Å². The molecule has 0 radical (unpaired) electrons. The van der Waals surface area contributed by atoms with Gasteiger partial charge in [-0.2, -0.15) is 0 Å². The smallest absolute Gasteiger partial charge is 0.330 e. The second-order valence-corrected chi connectivity index (χ2v) is 6.41. The van der Waals surface area contributed by atoms with Gasteiger partial charge in [0.25, 0.3) is 0 Å². The Kier molecular flexibility index (Phi) is 4.86. The minimum Gasteiger partial charge on any atom is -0.479 e. The van der Waals surface area contributed by atoms with Crippen molar-refractivity contribution in [1.29, 1.82) is 0 Å². The van der Waals surface area contributed by atoms with E-state index in [2.05, 4.69) is 10.2 Å². The molecule has 0 saturated carbocycles. The molecule has 1 aromatic rings. The molecule has 0 aromatic heterocycles. The quantitative estimate of drug-likeness (QED) is 0.874. The molecule has 1 heterocycles. The second kappa shape index (κ2) is 6.48. The maximum atomic E-state index is 12.6. The minimum absolute atomic E-state index is 0.247. The molecule has 120 valence electrons. The van der Waals surface area contributed by atoms with Crippen molar-refractivity contribution < 1.29 is 14.7 Å². The monoisotopic (exact) mass is 304 g/mol. The normalized spacial score (nSPS) is 17.2. The number of aliphatic carboxylic acids is 1. The van der Waals surface area contributed by atoms with E-state index >= 15 is 0 Å². The first-order valence-electron chi connectivity index (χ1n) is 7.68. The number of benzene rings is 1. The van der Waals surface area contributed by atoms with Gasteiger partial charge in [-0.1, -0.05) is 29.8 Å². The van der Waals surface area contributed by atoms with E-state index in [9.17, 15) is 14.7 Å². The van der Waals surface area contributed by atoms with E-state index in [-0.39, 0.29) is 5.91 Å². The largest absolute Gasteiger partial charge is 0.479 e. The summed E-state index contributed by atoms with van der Waals surface area (Å²) in [7, 11) is 0. The molecular formula is C17H24N2O3. The first-order chi connectivity index (χ1) is 10.3. The molecule has 1 amide bonds. The van der Waals surface area contributed by atoms with Crippen molar-refractivity contribution in [2.45, 2.75) is 45.2 Å². The lowest BCUT2D eigenvalue weighted by Crippen LogP contribution is -2.55. The fraction of sp³-hybridized carbons (Fsp3) is 0.529. The summed E-state index contributed by atoms with van der Waals surface area (Å²) in [5.41, 5.74) is 0.864. The summed E-state index contributed by atoms with van der Waals surface area (Å²) >= 11 is 0. The van der Waals surface area contributed by atoms with Gasteiger partial charge in [0.1, 0.15) is 0 Å². The van der Waals surface area contributed by atoms with Crippen LogP contribution < -0.4 is 5.32 Å². The highest BCUT2D eigenvalue weighted by atomic mass is 16.4. The average molecular weight is 304 g/mol. The van der Waals surface area contributed by atoms with Crippen LogP contribution in [0.2, 0.25) is 0 Å². The molecule has 0 bridgehead atoms. The fourth-order valence-corrected chi connectivity index (χ4v) is 2.86. The molecule has 1 aliphatic rings. The van der Waals surface area contributed by atoms with Gasteiger partial charge >= 0.3 is 5.97 Å². The average Bonchev–Trinajstić information content (AvgIpc) is 2.98. The Bertz CT molecular complexity index is 563. The number of aryl methyl sites for hydroxylation is 1. The highest BCUT2D eigenvalue weighted by molar-refractivity contribution is 5.90. The minimum atomic E-state index is -1.05. The molecule has 2 rings (SSSR count). The molecule has 5 nitrogen and oxygen atoms in total. The molecular weight excluding hydrogens is 280 g/mol. The number of carboxylic acid groups (broad SMARTS) is 1. The lowest BCUT2D eigenvalue weighted by atomic mass is 9.99. The van der Waals surface area contributed by atoms with E-state index in [0.717, 1.165) is 31.5 Å². The number of nitrogens with one attached hydrogen (secondary N) is 1. The van der Waals surface area contributed by atoms with Crippen molar-refractivity contribution >= 4 is 11.9 Å². The number of amides is 1. The summed E-state index contributed by atoms with van der Waals surface area (Å²) in [5, 5.41) is 12.2. The van der Waals surface area contributed by atoms with Gasteiger partial charge in [-0.15, -0.1) is 0 Å². The second-order valence-electron chi connectivity index (χ2n) is 6.41. The van der Waals surface area contributed by atoms with Crippen LogP contribution >= 0.6 is 0 Å². The SMILES string of the molecule is Cc1cccc(C(NC(=O)C(C)(C)N2CCCC2)C(=O)O)c1. The Morgan fingerprint density at radius 2 is 1.91 bits per heavy atom. The van der Waals surface area contributed by atoms with Crippen molar-refractivity contribution in [3.63, 3.8) is 0 Å². The number of carbonyl (C=O) groups excluding carboxylic acids is 1. The third kappa shape index (κ3) is 3.47. The van der Waals surface area contributed by atoms with Crippen molar-refractivity contribution in [3.8, 4) is 0 Å². The molecule has 2 N–H and O–H groups in total. The van der Waals surface area contributed by atoms with E-state index in [1.54, 1.807) is 18.2 Å². The highest BCUT2D eigenvalue weighted by Crippen LogP contribution is 2.23. The zero-order chi connectivity index (χ0) is 16.3. The van der Waals surface area contributed by atoms with Crippen LogP contribution in [0.1, 0.15) is 43.9 Å². The van der Waals surface area contributed by atoms with Crippen LogP contribution in [0, 0.1) is 6.92 Å². The van der Waals surface area contributed by atoms with Gasteiger partial charge < -0.3 is 10.4 Å². The summed E-state index contributed by atoms with van der Waals surface area (Å²) in [5.74, 6) is -1.29. The molecule has 0 spiro atoms. The molecule has 1 unspecified atom stereocenters. The first-order valence-corrected chi connectivity index (χ1v) is 7.68. The maximum Gasteiger partial charge on any atom is 0.330 e. The molecule has 1 atom stereocenters. The highest BCUT2D eigenvalue weighted by Gasteiger charge is 2.38. The van der Waals surface area contributed by atoms with Gasteiger partial charge in [0.15, 0.2) is 6.04 Å². The Hall–Kier alpha value is -1.88. The van der Waals surface area contributed by atoms with Crippen LogP contribution in [0.4, 0.5) is 0 Å². The number of hydrogen-bond donors (Lipinski definition) is 2. The number of carbonyl (C=O) groups is 2. The summed E-state index contributed by atoms with van der Waals surface area (Å²) < 4.78 is 0. The van der Waals surface area contributed by atoms with Gasteiger partial charge in [-0.25, -0.2) is 4.79 Å². The van der Waals surface area contributed by atoms with Crippen LogP contribution in [0.15, 0.2) is 24.3 Å². The third-order valence-electron chi connectivity index (χ3n) is 4.35. The number of hydrogen-bond acceptors (Lipinski definition) is 3. The lowest BCUT2D eigenvalue weighted by Gasteiger charge is -2.34. The Morgan fingerprint density at radius 3 is 2.45 bits per heavy atom. The van der Waals surface area contributed by atoms with E-state index in [1.807, 2.05) is 26.8 Å². The number of carboxylic acids is 1. The number of likely N-dealkylation sites (tertiary alicyclic amines) is 1. The Balaban J connectivity index is 2.17. The van der Waals surface area contributed by atoms with Gasteiger partial charge in [-0.05, 0) is 52.3 Å². The molecule has 5 heteroatoms. The zero-order valence-electron chi connectivity index (χ0n) is 13.4. The van der Waals surface area contributed by atoms with Crippen LogP contribution in [-0.4, -0.2) is 40.5 Å². The summed E-state index contributed by atoms with van der Waals surface area (Å²) in [6, 6.07) is 6.21. The van der Waals surface area contributed by atoms with E-state index < -0.39 is 17.6 Å². The van der Waals surface area contributed by atoms with Gasteiger partial charge in [0.05, 0.1) is 5.54 Å². The number of nitrogens with zero attached hydrogens (tertiary/aromatic N) is 1. The predicted octanol–water partition coefficient (Wildman–Crippen LogP) is 2.11. The third-order valence-corrected chi connectivity index (χ3v) is 4.35. The molecule has 1 saturated heterocycles. The van der Waals surface area contributed by atoms with E-state index in [0.29, 0.717) is 5.56 Å². The maximum absolute atomic E-state index is 12.6. The standard InChI is InChI=1S/C17H24N2O3/c1-12-7-6-8-13(11-12)14(15(20)21)18-16(22)17(2,3)19-9-4-5-10-19/h6-8,11,14H,4-5,9-10H2,1-3H3,(H,18,22)(H,20,21). The van der Waals surface area contributed by atoms with Crippen LogP contribution in [0.3, 0.4) is 0 Å². The molecule has 1 fully saturated rings. The van der Waals surface area contributed by atoms with Gasteiger partial charge in [-0.3, -0.25) is 9.69 Å². The first kappa shape index (κ1) is 16.5. The van der Waals surface area contributed by atoms with Crippen molar-refractivity contribution in [2.75, 3.05) is 13.1 Å². The van der Waals surface area contributed by atoms with E-state index in [4.69, 9.17) is 0 Å². The van der Waals surface area contributed by atoms with Crippen molar-refractivity contribution in [3.05, 3.63) is 35.4 Å². The Labute approximate surface area is 131 Å². The molecule has 0 aliphatic carbocycles. The zero-order valence-corrected chi connectivity index (χ0v) is 13.4. The fourth-order valence-electron chi connectivity index (χ4n) is 2.86. The summed E-state index contributed by atoms with van der Waals surface area (Å²) in [6.07, 6.45) is 2.16. The van der Waals surface area contributed by atoms with Crippen LogP contribution in [-0.2, 0) is 9.59 Å².